The maximum Gasteiger partial charge on any atom is 0.408 e. The van der Waals surface area contributed by atoms with Gasteiger partial charge in [0, 0.05) is 16.8 Å². The topological polar surface area (TPSA) is 97.0 Å². The quantitative estimate of drug-likeness (QED) is 0.651. The van der Waals surface area contributed by atoms with E-state index in [1.54, 1.807) is 27.0 Å². The Morgan fingerprint density at radius 2 is 2.00 bits per heavy atom. The Bertz CT molecular complexity index is 1100. The molecule has 3 aromatic rings. The lowest BCUT2D eigenvalue weighted by molar-refractivity contribution is 0.0486. The molecule has 154 valence electrons. The first-order valence-electron chi connectivity index (χ1n) is 9.50. The summed E-state index contributed by atoms with van der Waals surface area (Å²) in [5.41, 5.74) is 1.68. The maximum atomic E-state index is 12.7. The number of aryl methyl sites for hydroxylation is 1. The Kier molecular flexibility index (Phi) is 5.75. The van der Waals surface area contributed by atoms with Gasteiger partial charge >= 0.3 is 6.09 Å². The normalized spacial score (nSPS) is 12.9. The molecule has 2 N–H and O–H groups in total. The van der Waals surface area contributed by atoms with Crippen LogP contribution in [0.2, 0.25) is 0 Å². The first-order valence-corrected chi connectivity index (χ1v) is 10.3. The average molecular weight is 415 g/mol. The van der Waals surface area contributed by atoms with Crippen LogP contribution in [0.15, 0.2) is 29.2 Å². The van der Waals surface area contributed by atoms with Gasteiger partial charge in [-0.05, 0) is 57.4 Å². The van der Waals surface area contributed by atoms with Crippen molar-refractivity contribution in [2.75, 3.05) is 0 Å². The summed E-state index contributed by atoms with van der Waals surface area (Å²) in [6.07, 6.45) is 1.20. The maximum absolute atomic E-state index is 12.7. The summed E-state index contributed by atoms with van der Waals surface area (Å²) in [7, 11) is 0. The van der Waals surface area contributed by atoms with E-state index in [0.29, 0.717) is 16.0 Å². The zero-order valence-electron chi connectivity index (χ0n) is 17.5. The number of amides is 1. The van der Waals surface area contributed by atoms with Gasteiger partial charge in [0.05, 0.1) is 11.6 Å². The number of hydrogen-bond donors (Lipinski definition) is 2. The Balaban J connectivity index is 1.98. The van der Waals surface area contributed by atoms with Crippen molar-refractivity contribution in [3.8, 4) is 10.4 Å². The van der Waals surface area contributed by atoms with Crippen LogP contribution in [0.3, 0.4) is 0 Å². The van der Waals surface area contributed by atoms with Crippen molar-refractivity contribution in [3.63, 3.8) is 0 Å². The molecule has 0 aliphatic carbocycles. The molecule has 8 heteroatoms. The third-order valence-corrected chi connectivity index (χ3v) is 5.39. The standard InChI is InChI=1S/C21H26N4O3S/c1-11(2)16(24-20(27)28-21(4,5)6)18-23-14-10-15(29-17(14)19(26)25-18)13-7-8-22-12(3)9-13/h7-11,16H,1-6H3,(H,24,27)(H,23,25,26). The van der Waals surface area contributed by atoms with E-state index in [4.69, 9.17) is 4.74 Å². The molecule has 0 fully saturated rings. The zero-order valence-corrected chi connectivity index (χ0v) is 18.3. The first-order chi connectivity index (χ1) is 13.5. The van der Waals surface area contributed by atoms with Crippen LogP contribution in [0.4, 0.5) is 4.79 Å². The van der Waals surface area contributed by atoms with E-state index >= 15 is 0 Å². The molecule has 0 radical (unpaired) electrons. The molecule has 3 aromatic heterocycles. The molecule has 1 atom stereocenters. The minimum atomic E-state index is -0.610. The summed E-state index contributed by atoms with van der Waals surface area (Å²) in [5.74, 6) is 0.419. The van der Waals surface area contributed by atoms with Gasteiger partial charge in [0.1, 0.15) is 16.1 Å². The fourth-order valence-corrected chi connectivity index (χ4v) is 3.92. The average Bonchev–Trinajstić information content (AvgIpc) is 3.02. The number of carbonyl (C=O) groups is 1. The molecular formula is C21H26N4O3S. The highest BCUT2D eigenvalue weighted by molar-refractivity contribution is 7.22. The van der Waals surface area contributed by atoms with Gasteiger partial charge in [-0.1, -0.05) is 13.8 Å². The second kappa shape index (κ2) is 7.94. The molecule has 29 heavy (non-hydrogen) atoms. The summed E-state index contributed by atoms with van der Waals surface area (Å²) in [6, 6.07) is 5.31. The lowest BCUT2D eigenvalue weighted by atomic mass is 10.0. The number of aromatic nitrogens is 3. The summed E-state index contributed by atoms with van der Waals surface area (Å²) in [6.45, 7) is 11.2. The van der Waals surface area contributed by atoms with Crippen LogP contribution in [0, 0.1) is 12.8 Å². The van der Waals surface area contributed by atoms with Crippen LogP contribution in [-0.4, -0.2) is 26.6 Å². The number of alkyl carbamates (subject to hydrolysis) is 1. The van der Waals surface area contributed by atoms with E-state index in [-0.39, 0.29) is 11.5 Å². The van der Waals surface area contributed by atoms with Crippen LogP contribution in [0.5, 0.6) is 0 Å². The van der Waals surface area contributed by atoms with Gasteiger partial charge in [-0.15, -0.1) is 11.3 Å². The number of pyridine rings is 1. The second-order valence-corrected chi connectivity index (χ2v) is 9.38. The van der Waals surface area contributed by atoms with Crippen molar-refractivity contribution in [3.05, 3.63) is 46.3 Å². The van der Waals surface area contributed by atoms with Gasteiger partial charge in [0.25, 0.3) is 5.56 Å². The lowest BCUT2D eigenvalue weighted by Gasteiger charge is -2.25. The number of ether oxygens (including phenoxy) is 1. The fraction of sp³-hybridized carbons (Fsp3) is 0.429. The van der Waals surface area contributed by atoms with Gasteiger partial charge in [-0.25, -0.2) is 9.78 Å². The van der Waals surface area contributed by atoms with E-state index in [1.807, 2.05) is 39.0 Å². The van der Waals surface area contributed by atoms with E-state index in [9.17, 15) is 9.59 Å². The number of rotatable bonds is 4. The number of nitrogens with zero attached hydrogens (tertiary/aromatic N) is 2. The largest absolute Gasteiger partial charge is 0.444 e. The first kappa shape index (κ1) is 21.0. The smallest absolute Gasteiger partial charge is 0.408 e. The van der Waals surface area contributed by atoms with Crippen LogP contribution in [-0.2, 0) is 4.74 Å². The van der Waals surface area contributed by atoms with Crippen molar-refractivity contribution in [1.82, 2.24) is 20.3 Å². The van der Waals surface area contributed by atoms with Gasteiger partial charge in [-0.3, -0.25) is 9.78 Å². The predicted molar refractivity (Wildman–Crippen MR) is 115 cm³/mol. The minimum absolute atomic E-state index is 0.00377. The number of fused-ring (bicyclic) bond motifs is 1. The van der Waals surface area contributed by atoms with Crippen molar-refractivity contribution >= 4 is 27.6 Å². The summed E-state index contributed by atoms with van der Waals surface area (Å²) in [5, 5.41) is 2.83. The highest BCUT2D eigenvalue weighted by atomic mass is 32.1. The highest BCUT2D eigenvalue weighted by Crippen LogP contribution is 2.31. The Morgan fingerprint density at radius 3 is 2.62 bits per heavy atom. The Hall–Kier alpha value is -2.74. The lowest BCUT2D eigenvalue weighted by Crippen LogP contribution is -2.38. The van der Waals surface area contributed by atoms with E-state index in [0.717, 1.165) is 16.1 Å². The van der Waals surface area contributed by atoms with E-state index < -0.39 is 17.7 Å². The molecule has 3 heterocycles. The number of thiophene rings is 1. The number of hydrogen-bond acceptors (Lipinski definition) is 6. The molecule has 0 saturated carbocycles. The van der Waals surface area contributed by atoms with Crippen molar-refractivity contribution < 1.29 is 9.53 Å². The molecule has 0 aliphatic heterocycles. The van der Waals surface area contributed by atoms with Crippen LogP contribution >= 0.6 is 11.3 Å². The summed E-state index contributed by atoms with van der Waals surface area (Å²) >= 11 is 1.39. The Morgan fingerprint density at radius 1 is 1.28 bits per heavy atom. The zero-order chi connectivity index (χ0) is 21.3. The minimum Gasteiger partial charge on any atom is -0.444 e. The summed E-state index contributed by atoms with van der Waals surface area (Å²) in [4.78, 5) is 37.6. The molecule has 7 nitrogen and oxygen atoms in total. The molecule has 1 unspecified atom stereocenters. The van der Waals surface area contributed by atoms with Gasteiger partial charge in [0.2, 0.25) is 0 Å². The fourth-order valence-electron chi connectivity index (χ4n) is 2.93. The van der Waals surface area contributed by atoms with Crippen molar-refractivity contribution in [1.29, 1.82) is 0 Å². The summed E-state index contributed by atoms with van der Waals surface area (Å²) < 4.78 is 5.91. The molecule has 3 rings (SSSR count). The molecule has 1 amide bonds. The molecule has 0 spiro atoms. The Labute approximate surface area is 173 Å². The number of nitrogens with one attached hydrogen (secondary N) is 2. The van der Waals surface area contributed by atoms with Crippen molar-refractivity contribution in [2.24, 2.45) is 5.92 Å². The third kappa shape index (κ3) is 5.00. The molecule has 0 aromatic carbocycles. The monoisotopic (exact) mass is 414 g/mol. The van der Waals surface area contributed by atoms with Crippen LogP contribution in [0.1, 0.15) is 52.2 Å². The number of H-pyrrole nitrogens is 1. The van der Waals surface area contributed by atoms with Gasteiger partial charge in [-0.2, -0.15) is 0 Å². The third-order valence-electron chi connectivity index (χ3n) is 4.22. The number of carbonyl (C=O) groups excluding carboxylic acids is 1. The predicted octanol–water partition coefficient (Wildman–Crippen LogP) is 4.58. The number of aromatic amines is 1. The molecule has 0 aliphatic rings. The van der Waals surface area contributed by atoms with E-state index in [2.05, 4.69) is 20.3 Å². The van der Waals surface area contributed by atoms with Crippen molar-refractivity contribution in [2.45, 2.75) is 53.2 Å². The highest BCUT2D eigenvalue weighted by Gasteiger charge is 2.25. The molecule has 0 bridgehead atoms. The second-order valence-electron chi connectivity index (χ2n) is 8.33. The van der Waals surface area contributed by atoms with Gasteiger partial charge in [0.15, 0.2) is 0 Å². The van der Waals surface area contributed by atoms with E-state index in [1.165, 1.54) is 11.3 Å². The van der Waals surface area contributed by atoms with Crippen LogP contribution in [0.25, 0.3) is 20.7 Å². The SMILES string of the molecule is Cc1cc(-c2cc3nc(C(NC(=O)OC(C)(C)C)C(C)C)[nH]c(=O)c3s2)ccn1. The molecular weight excluding hydrogens is 388 g/mol. The molecule has 0 saturated heterocycles. The van der Waals surface area contributed by atoms with Gasteiger partial charge < -0.3 is 15.0 Å². The van der Waals surface area contributed by atoms with Crippen LogP contribution < -0.4 is 10.9 Å².